The summed E-state index contributed by atoms with van der Waals surface area (Å²) < 4.78 is 12.3. The van der Waals surface area contributed by atoms with Gasteiger partial charge in [0, 0.05) is 11.8 Å². The first kappa shape index (κ1) is 7.82. The van der Waals surface area contributed by atoms with Crippen LogP contribution in [0.3, 0.4) is 0 Å². The quantitative estimate of drug-likeness (QED) is 0.441. The summed E-state index contributed by atoms with van der Waals surface area (Å²) in [5.74, 6) is -0.514. The van der Waals surface area contributed by atoms with Gasteiger partial charge in [0.25, 0.3) is 0 Å². The van der Waals surface area contributed by atoms with Crippen LogP contribution in [0.4, 0.5) is 4.39 Å². The predicted octanol–water partition coefficient (Wildman–Crippen LogP) is 2.23. The Morgan fingerprint density at radius 3 is 2.00 bits per heavy atom. The topological polar surface area (TPSA) is 23.9 Å². The molecule has 9 heavy (non-hydrogen) atoms. The zero-order chi connectivity index (χ0) is 7.28. The molecule has 0 saturated heterocycles. The minimum absolute atomic E-state index is 0.157. The molecule has 0 amide bonds. The number of nitrogens with one attached hydrogen (secondary N) is 1. The maximum absolute atomic E-state index is 12.3. The monoisotopic (exact) mass is 125 g/mol. The Hall–Kier alpha value is -1.18. The second-order valence-electron chi connectivity index (χ2n) is 1.36. The van der Waals surface area contributed by atoms with Gasteiger partial charge in [-0.2, -0.15) is 0 Å². The number of halogens is 1. The third-order valence-electron chi connectivity index (χ3n) is 0.830. The standard InChI is InChI=1S/C7H8FN/c1-3-6(5-9)7(8)4-2/h3-5,9H,1-2H2/b7-6-,9-5?. The largest absolute Gasteiger partial charge is 0.308 e. The van der Waals surface area contributed by atoms with E-state index in [1.54, 1.807) is 0 Å². The third-order valence-corrected chi connectivity index (χ3v) is 0.830. The highest BCUT2D eigenvalue weighted by molar-refractivity contribution is 5.80. The number of rotatable bonds is 3. The highest BCUT2D eigenvalue weighted by Crippen LogP contribution is 2.04. The average molecular weight is 125 g/mol. The van der Waals surface area contributed by atoms with Crippen LogP contribution in [0, 0.1) is 5.41 Å². The minimum Gasteiger partial charge on any atom is -0.308 e. The van der Waals surface area contributed by atoms with Gasteiger partial charge in [-0.3, -0.25) is 0 Å². The summed E-state index contributed by atoms with van der Waals surface area (Å²) in [5.41, 5.74) is 0.157. The van der Waals surface area contributed by atoms with Crippen LogP contribution >= 0.6 is 0 Å². The Morgan fingerprint density at radius 2 is 1.89 bits per heavy atom. The van der Waals surface area contributed by atoms with Gasteiger partial charge < -0.3 is 5.41 Å². The molecule has 0 aromatic heterocycles. The lowest BCUT2D eigenvalue weighted by Crippen LogP contribution is -1.79. The summed E-state index contributed by atoms with van der Waals surface area (Å²) in [5, 5.41) is 6.65. The molecule has 48 valence electrons. The molecule has 2 heteroatoms. The second kappa shape index (κ2) is 3.78. The molecule has 0 unspecified atom stereocenters. The molecule has 0 heterocycles. The van der Waals surface area contributed by atoms with Crippen molar-refractivity contribution in [1.82, 2.24) is 0 Å². The first-order chi connectivity index (χ1) is 4.26. The van der Waals surface area contributed by atoms with Gasteiger partial charge in [-0.15, -0.1) is 0 Å². The Bertz CT molecular complexity index is 158. The number of allylic oxidation sites excluding steroid dienone is 4. The second-order valence-corrected chi connectivity index (χ2v) is 1.36. The Morgan fingerprint density at radius 1 is 1.33 bits per heavy atom. The van der Waals surface area contributed by atoms with E-state index < -0.39 is 5.83 Å². The van der Waals surface area contributed by atoms with Gasteiger partial charge in [-0.1, -0.05) is 19.2 Å². The normalized spacial score (nSPS) is 11.7. The lowest BCUT2D eigenvalue weighted by molar-refractivity contribution is 0.664. The zero-order valence-electron chi connectivity index (χ0n) is 5.02. The molecular weight excluding hydrogens is 117 g/mol. The van der Waals surface area contributed by atoms with Crippen molar-refractivity contribution in [3.05, 3.63) is 36.7 Å². The zero-order valence-corrected chi connectivity index (χ0v) is 5.02. The fourth-order valence-corrected chi connectivity index (χ4v) is 0.343. The summed E-state index contributed by atoms with van der Waals surface area (Å²) >= 11 is 0. The lowest BCUT2D eigenvalue weighted by atomic mass is 10.2. The lowest BCUT2D eigenvalue weighted by Gasteiger charge is -1.88. The van der Waals surface area contributed by atoms with E-state index in [-0.39, 0.29) is 5.57 Å². The van der Waals surface area contributed by atoms with Crippen LogP contribution in [0.15, 0.2) is 36.7 Å². The van der Waals surface area contributed by atoms with Crippen LogP contribution in [-0.4, -0.2) is 6.21 Å². The van der Waals surface area contributed by atoms with Crippen LogP contribution in [0.2, 0.25) is 0 Å². The first-order valence-corrected chi connectivity index (χ1v) is 2.41. The van der Waals surface area contributed by atoms with E-state index in [1.807, 2.05) is 0 Å². The molecule has 0 radical (unpaired) electrons. The fraction of sp³-hybridized carbons (Fsp3) is 0. The van der Waals surface area contributed by atoms with Crippen molar-refractivity contribution in [2.75, 3.05) is 0 Å². The van der Waals surface area contributed by atoms with E-state index >= 15 is 0 Å². The molecule has 0 atom stereocenters. The molecule has 0 aliphatic rings. The van der Waals surface area contributed by atoms with E-state index in [0.29, 0.717) is 0 Å². The smallest absolute Gasteiger partial charge is 0.131 e. The van der Waals surface area contributed by atoms with Crippen LogP contribution in [-0.2, 0) is 0 Å². The van der Waals surface area contributed by atoms with Crippen molar-refractivity contribution in [2.45, 2.75) is 0 Å². The molecule has 0 spiro atoms. The van der Waals surface area contributed by atoms with Gasteiger partial charge in [-0.05, 0) is 6.08 Å². The van der Waals surface area contributed by atoms with Crippen molar-refractivity contribution in [1.29, 1.82) is 5.41 Å². The van der Waals surface area contributed by atoms with Crippen molar-refractivity contribution >= 4 is 6.21 Å². The van der Waals surface area contributed by atoms with Gasteiger partial charge in [0.15, 0.2) is 0 Å². The summed E-state index contributed by atoms with van der Waals surface area (Å²) in [4.78, 5) is 0. The SMILES string of the molecule is C=C/C(F)=C(\C=C)C=N. The predicted molar refractivity (Wildman–Crippen MR) is 37.3 cm³/mol. The van der Waals surface area contributed by atoms with Crippen molar-refractivity contribution < 1.29 is 4.39 Å². The van der Waals surface area contributed by atoms with E-state index in [4.69, 9.17) is 5.41 Å². The van der Waals surface area contributed by atoms with Gasteiger partial charge >= 0.3 is 0 Å². The van der Waals surface area contributed by atoms with Crippen LogP contribution < -0.4 is 0 Å². The molecule has 0 fully saturated rings. The van der Waals surface area contributed by atoms with Crippen LogP contribution in [0.25, 0.3) is 0 Å². The van der Waals surface area contributed by atoms with E-state index in [9.17, 15) is 4.39 Å². The summed E-state index contributed by atoms with van der Waals surface area (Å²) in [7, 11) is 0. The highest BCUT2D eigenvalue weighted by Gasteiger charge is 1.91. The van der Waals surface area contributed by atoms with Gasteiger partial charge in [0.05, 0.1) is 0 Å². The van der Waals surface area contributed by atoms with E-state index in [1.165, 1.54) is 6.08 Å². The van der Waals surface area contributed by atoms with E-state index in [0.717, 1.165) is 12.3 Å². The van der Waals surface area contributed by atoms with Gasteiger partial charge in [-0.25, -0.2) is 4.39 Å². The molecule has 0 aliphatic heterocycles. The van der Waals surface area contributed by atoms with Crippen LogP contribution in [0.1, 0.15) is 0 Å². The van der Waals surface area contributed by atoms with Crippen LogP contribution in [0.5, 0.6) is 0 Å². The number of hydrogen-bond donors (Lipinski definition) is 1. The van der Waals surface area contributed by atoms with Crippen molar-refractivity contribution in [3.63, 3.8) is 0 Å². The summed E-state index contributed by atoms with van der Waals surface area (Å²) in [6.07, 6.45) is 3.20. The summed E-state index contributed by atoms with van der Waals surface area (Å²) in [6.45, 7) is 6.50. The van der Waals surface area contributed by atoms with Gasteiger partial charge in [0.1, 0.15) is 5.83 Å². The molecule has 1 N–H and O–H groups in total. The first-order valence-electron chi connectivity index (χ1n) is 2.41. The maximum Gasteiger partial charge on any atom is 0.131 e. The minimum atomic E-state index is -0.514. The molecule has 0 aromatic carbocycles. The van der Waals surface area contributed by atoms with Crippen molar-refractivity contribution in [2.24, 2.45) is 0 Å². The molecule has 0 aromatic rings. The summed E-state index contributed by atoms with van der Waals surface area (Å²) in [6, 6.07) is 0. The molecule has 0 saturated carbocycles. The highest BCUT2D eigenvalue weighted by atomic mass is 19.1. The maximum atomic E-state index is 12.3. The molecule has 0 bridgehead atoms. The molecule has 0 aliphatic carbocycles. The van der Waals surface area contributed by atoms with E-state index in [2.05, 4.69) is 13.2 Å². The number of hydrogen-bond acceptors (Lipinski definition) is 1. The third kappa shape index (κ3) is 2.04. The van der Waals surface area contributed by atoms with Crippen molar-refractivity contribution in [3.8, 4) is 0 Å². The molecule has 0 rings (SSSR count). The average Bonchev–Trinajstić information content (AvgIpc) is 1.90. The Balaban J connectivity index is 4.56. The Kier molecular flexibility index (Phi) is 3.28. The fourth-order valence-electron chi connectivity index (χ4n) is 0.343. The molecule has 1 nitrogen and oxygen atoms in total. The molecular formula is C7H8FN. The van der Waals surface area contributed by atoms with Gasteiger partial charge in [0.2, 0.25) is 0 Å². The Labute approximate surface area is 53.7 Å².